The molecule has 156 valence electrons. The molecule has 2 aromatic rings. The highest BCUT2D eigenvalue weighted by Gasteiger charge is 2.32. The summed E-state index contributed by atoms with van der Waals surface area (Å²) in [6, 6.07) is 2.23. The van der Waals surface area contributed by atoms with Crippen LogP contribution < -0.4 is 5.43 Å². The molecule has 0 radical (unpaired) electrons. The van der Waals surface area contributed by atoms with Gasteiger partial charge in [-0.15, -0.1) is 0 Å². The molecule has 1 aliphatic carbocycles. The number of rotatable bonds is 6. The molecule has 0 aromatic carbocycles. The van der Waals surface area contributed by atoms with Gasteiger partial charge in [-0.25, -0.2) is 0 Å². The predicted octanol–water partition coefficient (Wildman–Crippen LogP) is 2.34. The summed E-state index contributed by atoms with van der Waals surface area (Å²) in [5.41, 5.74) is 1.02. The number of amides is 1. The van der Waals surface area contributed by atoms with Crippen LogP contribution in [0.3, 0.4) is 0 Å². The van der Waals surface area contributed by atoms with E-state index in [1.54, 1.807) is 17.2 Å². The van der Waals surface area contributed by atoms with Crippen molar-refractivity contribution in [1.82, 2.24) is 24.5 Å². The van der Waals surface area contributed by atoms with Gasteiger partial charge in [-0.3, -0.25) is 14.5 Å². The van der Waals surface area contributed by atoms with Crippen LogP contribution in [0.5, 0.6) is 0 Å². The summed E-state index contributed by atoms with van der Waals surface area (Å²) in [6.07, 6.45) is 4.85. The summed E-state index contributed by atoms with van der Waals surface area (Å²) in [6.45, 7) is 7.78. The fourth-order valence-electron chi connectivity index (χ4n) is 3.93. The highest BCUT2D eigenvalue weighted by Crippen LogP contribution is 2.35. The molecule has 2 aromatic heterocycles. The summed E-state index contributed by atoms with van der Waals surface area (Å²) < 4.78 is 7.36. The first kappa shape index (κ1) is 19.8. The molecule has 1 aliphatic heterocycles. The smallest absolute Gasteiger partial charge is 0.259 e. The van der Waals surface area contributed by atoms with Gasteiger partial charge in [0.1, 0.15) is 5.56 Å². The van der Waals surface area contributed by atoms with Crippen molar-refractivity contribution < 1.29 is 9.32 Å². The summed E-state index contributed by atoms with van der Waals surface area (Å²) in [7, 11) is 2.01. The van der Waals surface area contributed by atoms with E-state index in [1.807, 2.05) is 27.8 Å². The Kier molecular flexibility index (Phi) is 5.29. The second-order valence-electron chi connectivity index (χ2n) is 8.64. The van der Waals surface area contributed by atoms with E-state index in [1.165, 1.54) is 0 Å². The van der Waals surface area contributed by atoms with Gasteiger partial charge in [0.05, 0.1) is 6.54 Å². The molecular weight excluding hydrogens is 370 g/mol. The minimum absolute atomic E-state index is 0.165. The quantitative estimate of drug-likeness (QED) is 0.741. The first-order valence-electron chi connectivity index (χ1n) is 10.4. The Hall–Kier alpha value is -2.48. The Labute approximate surface area is 170 Å². The van der Waals surface area contributed by atoms with E-state index in [2.05, 4.69) is 19.6 Å². The SMILES string of the molecule is Cc1cc(=O)c(C(=O)N2CCC(N(C)Cc3noc(C(C)C)n3)C2)cn1C1CC1. The number of hydrogen-bond acceptors (Lipinski definition) is 6. The Morgan fingerprint density at radius 1 is 1.34 bits per heavy atom. The fraction of sp³-hybridized carbons (Fsp3) is 0.619. The maximum atomic E-state index is 13.0. The number of hydrogen-bond donors (Lipinski definition) is 0. The molecule has 1 saturated carbocycles. The third-order valence-corrected chi connectivity index (χ3v) is 5.89. The van der Waals surface area contributed by atoms with Gasteiger partial charge in [0, 0.05) is 49.0 Å². The van der Waals surface area contributed by atoms with E-state index in [0.29, 0.717) is 37.4 Å². The zero-order valence-corrected chi connectivity index (χ0v) is 17.6. The molecule has 1 unspecified atom stereocenters. The number of aryl methyl sites for hydroxylation is 1. The van der Waals surface area contributed by atoms with Gasteiger partial charge >= 0.3 is 0 Å². The number of likely N-dealkylation sites (tertiary alicyclic amines) is 1. The molecular formula is C21H29N5O3. The van der Waals surface area contributed by atoms with Crippen molar-refractivity contribution in [3.05, 3.63) is 45.5 Å². The van der Waals surface area contributed by atoms with Crippen molar-refractivity contribution in [1.29, 1.82) is 0 Å². The van der Waals surface area contributed by atoms with E-state index in [9.17, 15) is 9.59 Å². The van der Waals surface area contributed by atoms with E-state index < -0.39 is 0 Å². The number of aromatic nitrogens is 3. The van der Waals surface area contributed by atoms with Gasteiger partial charge in [-0.2, -0.15) is 4.98 Å². The Morgan fingerprint density at radius 3 is 2.76 bits per heavy atom. The monoisotopic (exact) mass is 399 g/mol. The van der Waals surface area contributed by atoms with Crippen molar-refractivity contribution in [3.8, 4) is 0 Å². The Bertz CT molecular complexity index is 959. The second kappa shape index (κ2) is 7.74. The lowest BCUT2D eigenvalue weighted by Gasteiger charge is -2.23. The Balaban J connectivity index is 1.42. The zero-order valence-electron chi connectivity index (χ0n) is 17.6. The molecule has 3 heterocycles. The van der Waals surface area contributed by atoms with Gasteiger partial charge in [0.15, 0.2) is 11.3 Å². The average molecular weight is 399 g/mol. The van der Waals surface area contributed by atoms with Crippen LogP contribution in [-0.2, 0) is 6.54 Å². The van der Waals surface area contributed by atoms with Crippen molar-refractivity contribution in [2.75, 3.05) is 20.1 Å². The summed E-state index contributed by atoms with van der Waals surface area (Å²) in [4.78, 5) is 33.9. The van der Waals surface area contributed by atoms with Crippen LogP contribution in [0.15, 0.2) is 21.6 Å². The molecule has 4 rings (SSSR count). The standard InChI is InChI=1S/C21H29N5O3/c1-13(2)20-22-19(23-29-20)12-24(4)16-7-8-25(10-16)21(28)17-11-26(15-5-6-15)14(3)9-18(17)27/h9,11,13,15-16H,5-8,10,12H2,1-4H3. The molecule has 2 fully saturated rings. The average Bonchev–Trinajstić information content (AvgIpc) is 3.19. The molecule has 1 amide bonds. The maximum Gasteiger partial charge on any atom is 0.259 e. The lowest BCUT2D eigenvalue weighted by Crippen LogP contribution is -2.38. The summed E-state index contributed by atoms with van der Waals surface area (Å²) >= 11 is 0. The number of pyridine rings is 1. The van der Waals surface area contributed by atoms with E-state index in [0.717, 1.165) is 25.0 Å². The molecule has 8 heteroatoms. The number of carbonyl (C=O) groups is 1. The lowest BCUT2D eigenvalue weighted by molar-refractivity contribution is 0.0777. The third-order valence-electron chi connectivity index (χ3n) is 5.89. The normalized spacial score (nSPS) is 19.5. The van der Waals surface area contributed by atoms with Crippen molar-refractivity contribution in [2.24, 2.45) is 0 Å². The molecule has 0 spiro atoms. The van der Waals surface area contributed by atoms with Crippen molar-refractivity contribution in [3.63, 3.8) is 0 Å². The van der Waals surface area contributed by atoms with Gasteiger partial charge in [-0.1, -0.05) is 19.0 Å². The second-order valence-corrected chi connectivity index (χ2v) is 8.64. The fourth-order valence-corrected chi connectivity index (χ4v) is 3.93. The molecule has 2 aliphatic rings. The molecule has 1 atom stereocenters. The number of nitrogens with zero attached hydrogens (tertiary/aromatic N) is 5. The van der Waals surface area contributed by atoms with E-state index >= 15 is 0 Å². The summed E-state index contributed by atoms with van der Waals surface area (Å²) in [5, 5.41) is 4.05. The highest BCUT2D eigenvalue weighted by molar-refractivity contribution is 5.94. The summed E-state index contributed by atoms with van der Waals surface area (Å²) in [5.74, 6) is 1.34. The molecule has 29 heavy (non-hydrogen) atoms. The maximum absolute atomic E-state index is 13.0. The number of carbonyl (C=O) groups excluding carboxylic acids is 1. The first-order valence-corrected chi connectivity index (χ1v) is 10.4. The molecule has 0 bridgehead atoms. The largest absolute Gasteiger partial charge is 0.348 e. The predicted molar refractivity (Wildman–Crippen MR) is 108 cm³/mol. The minimum Gasteiger partial charge on any atom is -0.348 e. The minimum atomic E-state index is -0.186. The van der Waals surface area contributed by atoms with Gasteiger partial charge in [-0.05, 0) is 33.2 Å². The van der Waals surface area contributed by atoms with Gasteiger partial charge in [0.25, 0.3) is 5.91 Å². The van der Waals surface area contributed by atoms with Crippen LogP contribution in [-0.4, -0.2) is 56.6 Å². The van der Waals surface area contributed by atoms with Crippen LogP contribution >= 0.6 is 0 Å². The van der Waals surface area contributed by atoms with Crippen LogP contribution in [0.25, 0.3) is 0 Å². The van der Waals surface area contributed by atoms with Gasteiger partial charge < -0.3 is 14.0 Å². The molecule has 8 nitrogen and oxygen atoms in total. The van der Waals surface area contributed by atoms with Crippen LogP contribution in [0.2, 0.25) is 0 Å². The van der Waals surface area contributed by atoms with Gasteiger partial charge in [0.2, 0.25) is 5.89 Å². The van der Waals surface area contributed by atoms with E-state index in [-0.39, 0.29) is 28.9 Å². The van der Waals surface area contributed by atoms with Crippen LogP contribution in [0.4, 0.5) is 0 Å². The van der Waals surface area contributed by atoms with Crippen LogP contribution in [0, 0.1) is 6.92 Å². The van der Waals surface area contributed by atoms with Crippen molar-refractivity contribution in [2.45, 2.75) is 64.6 Å². The highest BCUT2D eigenvalue weighted by atomic mass is 16.5. The van der Waals surface area contributed by atoms with E-state index in [4.69, 9.17) is 4.52 Å². The first-order chi connectivity index (χ1) is 13.8. The Morgan fingerprint density at radius 2 is 2.10 bits per heavy atom. The lowest BCUT2D eigenvalue weighted by atomic mass is 10.2. The molecule has 0 N–H and O–H groups in total. The molecule has 1 saturated heterocycles. The third kappa shape index (κ3) is 4.12. The van der Waals surface area contributed by atoms with Crippen LogP contribution in [0.1, 0.15) is 72.8 Å². The number of likely N-dealkylation sites (N-methyl/N-ethyl adjacent to an activating group) is 1. The van der Waals surface area contributed by atoms with Crippen molar-refractivity contribution >= 4 is 5.91 Å². The topological polar surface area (TPSA) is 84.5 Å². The zero-order chi connectivity index (χ0) is 20.7.